The molecule has 0 fully saturated rings. The molecule has 3 aromatic rings. The highest BCUT2D eigenvalue weighted by atomic mass is 32.1. The van der Waals surface area contributed by atoms with E-state index in [1.54, 1.807) is 29.7 Å². The van der Waals surface area contributed by atoms with Crippen LogP contribution in [0, 0.1) is 5.82 Å². The minimum Gasteiger partial charge on any atom is -0.324 e. The van der Waals surface area contributed by atoms with Gasteiger partial charge in [0.05, 0.1) is 5.69 Å². The van der Waals surface area contributed by atoms with E-state index in [0.717, 1.165) is 16.9 Å². The molecule has 19 heavy (non-hydrogen) atoms. The second-order valence-electron chi connectivity index (χ2n) is 3.91. The lowest BCUT2D eigenvalue weighted by atomic mass is 10.2. The molecule has 0 saturated heterocycles. The number of nitrogens with one attached hydrogen (secondary N) is 1. The molecule has 0 aliphatic heterocycles. The van der Waals surface area contributed by atoms with Gasteiger partial charge in [-0.2, -0.15) is 11.3 Å². The third-order valence-electron chi connectivity index (χ3n) is 2.57. The highest BCUT2D eigenvalue weighted by molar-refractivity contribution is 7.08. The quantitative estimate of drug-likeness (QED) is 0.779. The zero-order valence-corrected chi connectivity index (χ0v) is 10.7. The molecule has 1 aromatic carbocycles. The van der Waals surface area contributed by atoms with Gasteiger partial charge in [0.1, 0.15) is 5.82 Å². The van der Waals surface area contributed by atoms with Crippen LogP contribution in [-0.4, -0.2) is 9.97 Å². The number of anilines is 2. The topological polar surface area (TPSA) is 37.8 Å². The highest BCUT2D eigenvalue weighted by Crippen LogP contribution is 2.21. The Bertz CT molecular complexity index is 665. The molecule has 0 amide bonds. The summed E-state index contributed by atoms with van der Waals surface area (Å²) in [4.78, 5) is 8.58. The van der Waals surface area contributed by atoms with Crippen LogP contribution in [0.1, 0.15) is 0 Å². The molecule has 2 aromatic heterocycles. The standard InChI is InChI=1S/C14H10FN3S/c15-11-1-3-12(4-2-11)17-14-16-7-5-13(18-14)10-6-8-19-9-10/h1-9H,(H,16,17,18). The van der Waals surface area contributed by atoms with Gasteiger partial charge in [-0.3, -0.25) is 0 Å². The van der Waals surface area contributed by atoms with Gasteiger partial charge in [-0.1, -0.05) is 0 Å². The lowest BCUT2D eigenvalue weighted by molar-refractivity contribution is 0.628. The van der Waals surface area contributed by atoms with Crippen LogP contribution in [0.25, 0.3) is 11.3 Å². The summed E-state index contributed by atoms with van der Waals surface area (Å²) in [6, 6.07) is 9.95. The van der Waals surface area contributed by atoms with Gasteiger partial charge in [0.2, 0.25) is 5.95 Å². The molecule has 0 aliphatic rings. The van der Waals surface area contributed by atoms with E-state index in [1.165, 1.54) is 12.1 Å². The van der Waals surface area contributed by atoms with Gasteiger partial charge in [-0.25, -0.2) is 14.4 Å². The molecular weight excluding hydrogens is 261 g/mol. The molecule has 0 bridgehead atoms. The van der Waals surface area contributed by atoms with Crippen molar-refractivity contribution in [3.63, 3.8) is 0 Å². The second-order valence-corrected chi connectivity index (χ2v) is 4.69. The van der Waals surface area contributed by atoms with Crippen molar-refractivity contribution in [1.29, 1.82) is 0 Å². The van der Waals surface area contributed by atoms with Gasteiger partial charge >= 0.3 is 0 Å². The maximum Gasteiger partial charge on any atom is 0.227 e. The van der Waals surface area contributed by atoms with Crippen LogP contribution in [0.2, 0.25) is 0 Å². The molecule has 0 atom stereocenters. The van der Waals surface area contributed by atoms with E-state index < -0.39 is 0 Å². The van der Waals surface area contributed by atoms with E-state index in [0.29, 0.717) is 5.95 Å². The van der Waals surface area contributed by atoms with Gasteiger partial charge < -0.3 is 5.32 Å². The highest BCUT2D eigenvalue weighted by Gasteiger charge is 2.03. The Hall–Kier alpha value is -2.27. The fourth-order valence-electron chi connectivity index (χ4n) is 1.65. The predicted octanol–water partition coefficient (Wildman–Crippen LogP) is 4.09. The van der Waals surface area contributed by atoms with Crippen LogP contribution in [0.4, 0.5) is 16.0 Å². The van der Waals surface area contributed by atoms with E-state index >= 15 is 0 Å². The van der Waals surface area contributed by atoms with Crippen molar-refractivity contribution in [3.8, 4) is 11.3 Å². The van der Waals surface area contributed by atoms with Crippen molar-refractivity contribution >= 4 is 23.0 Å². The molecule has 1 N–H and O–H groups in total. The van der Waals surface area contributed by atoms with E-state index in [4.69, 9.17) is 0 Å². The molecule has 0 unspecified atom stereocenters. The second kappa shape index (κ2) is 5.16. The molecule has 0 aliphatic carbocycles. The third kappa shape index (κ3) is 2.77. The fourth-order valence-corrected chi connectivity index (χ4v) is 2.30. The summed E-state index contributed by atoms with van der Waals surface area (Å²) in [5, 5.41) is 7.08. The molecule has 2 heterocycles. The SMILES string of the molecule is Fc1ccc(Nc2nccc(-c3ccsc3)n2)cc1. The summed E-state index contributed by atoms with van der Waals surface area (Å²) in [6.45, 7) is 0. The van der Waals surface area contributed by atoms with Crippen LogP contribution in [0.5, 0.6) is 0 Å². The molecule has 0 saturated carbocycles. The first-order chi connectivity index (χ1) is 9.31. The monoisotopic (exact) mass is 271 g/mol. The number of thiophene rings is 1. The normalized spacial score (nSPS) is 10.4. The minimum atomic E-state index is -0.265. The van der Waals surface area contributed by atoms with Crippen molar-refractivity contribution in [2.45, 2.75) is 0 Å². The molecule has 3 nitrogen and oxygen atoms in total. The van der Waals surface area contributed by atoms with Crippen LogP contribution in [0.15, 0.2) is 53.4 Å². The smallest absolute Gasteiger partial charge is 0.227 e. The largest absolute Gasteiger partial charge is 0.324 e. The summed E-state index contributed by atoms with van der Waals surface area (Å²) in [6.07, 6.45) is 1.70. The van der Waals surface area contributed by atoms with Gasteiger partial charge in [-0.15, -0.1) is 0 Å². The van der Waals surface area contributed by atoms with Gasteiger partial charge in [0.15, 0.2) is 0 Å². The maximum atomic E-state index is 12.8. The van der Waals surface area contributed by atoms with Crippen molar-refractivity contribution in [3.05, 3.63) is 59.2 Å². The number of benzene rings is 1. The Kier molecular flexibility index (Phi) is 3.20. The Morgan fingerprint density at radius 1 is 1.05 bits per heavy atom. The number of hydrogen-bond acceptors (Lipinski definition) is 4. The average Bonchev–Trinajstić information content (AvgIpc) is 2.96. The van der Waals surface area contributed by atoms with Gasteiger partial charge in [-0.05, 0) is 41.8 Å². The van der Waals surface area contributed by atoms with Crippen molar-refractivity contribution < 1.29 is 4.39 Å². The maximum absolute atomic E-state index is 12.8. The lowest BCUT2D eigenvalue weighted by Crippen LogP contribution is -1.97. The third-order valence-corrected chi connectivity index (χ3v) is 3.26. The van der Waals surface area contributed by atoms with Crippen LogP contribution >= 0.6 is 11.3 Å². The van der Waals surface area contributed by atoms with E-state index in [9.17, 15) is 4.39 Å². The molecule has 0 radical (unpaired) electrons. The van der Waals surface area contributed by atoms with Crippen molar-refractivity contribution in [2.75, 3.05) is 5.32 Å². The van der Waals surface area contributed by atoms with Crippen molar-refractivity contribution in [1.82, 2.24) is 9.97 Å². The Morgan fingerprint density at radius 3 is 2.63 bits per heavy atom. The number of hydrogen-bond donors (Lipinski definition) is 1. The predicted molar refractivity (Wildman–Crippen MR) is 75.0 cm³/mol. The first kappa shape index (κ1) is 11.8. The Morgan fingerprint density at radius 2 is 1.89 bits per heavy atom. The molecular formula is C14H10FN3S. The van der Waals surface area contributed by atoms with Crippen molar-refractivity contribution in [2.24, 2.45) is 0 Å². The lowest BCUT2D eigenvalue weighted by Gasteiger charge is -2.05. The molecule has 0 spiro atoms. The van der Waals surface area contributed by atoms with Crippen LogP contribution < -0.4 is 5.32 Å². The number of nitrogens with zero attached hydrogens (tertiary/aromatic N) is 2. The van der Waals surface area contributed by atoms with E-state index in [-0.39, 0.29) is 5.82 Å². The Balaban J connectivity index is 1.85. The summed E-state index contributed by atoms with van der Waals surface area (Å²) in [7, 11) is 0. The average molecular weight is 271 g/mol. The number of halogens is 1. The fraction of sp³-hybridized carbons (Fsp3) is 0. The summed E-state index contributed by atoms with van der Waals surface area (Å²) < 4.78 is 12.8. The summed E-state index contributed by atoms with van der Waals surface area (Å²) in [5.74, 6) is 0.230. The zero-order chi connectivity index (χ0) is 13.1. The molecule has 5 heteroatoms. The van der Waals surface area contributed by atoms with Gasteiger partial charge in [0.25, 0.3) is 0 Å². The number of aromatic nitrogens is 2. The first-order valence-electron chi connectivity index (χ1n) is 5.69. The zero-order valence-electron chi connectivity index (χ0n) is 9.88. The summed E-state index contributed by atoms with van der Waals surface area (Å²) in [5.41, 5.74) is 2.68. The van der Waals surface area contributed by atoms with Gasteiger partial charge in [0, 0.05) is 22.8 Å². The molecule has 94 valence electrons. The van der Waals surface area contributed by atoms with Crippen LogP contribution in [0.3, 0.4) is 0 Å². The van der Waals surface area contributed by atoms with E-state index in [1.807, 2.05) is 22.9 Å². The number of rotatable bonds is 3. The first-order valence-corrected chi connectivity index (χ1v) is 6.64. The van der Waals surface area contributed by atoms with Crippen LogP contribution in [-0.2, 0) is 0 Å². The van der Waals surface area contributed by atoms with E-state index in [2.05, 4.69) is 15.3 Å². The Labute approximate surface area is 113 Å². The summed E-state index contributed by atoms with van der Waals surface area (Å²) >= 11 is 1.62. The minimum absolute atomic E-state index is 0.265. The molecule has 3 rings (SSSR count).